The van der Waals surface area contributed by atoms with E-state index in [2.05, 4.69) is 10.3 Å². The van der Waals surface area contributed by atoms with Crippen molar-refractivity contribution in [3.05, 3.63) is 76.8 Å². The first-order valence-corrected chi connectivity index (χ1v) is 10.2. The molecule has 31 heavy (non-hydrogen) atoms. The molecule has 2 N–H and O–H groups in total. The van der Waals surface area contributed by atoms with Gasteiger partial charge in [-0.2, -0.15) is 13.2 Å². The number of halogens is 3. The predicted octanol–water partition coefficient (Wildman–Crippen LogP) is 4.57. The molecule has 2 aromatic carbocycles. The van der Waals surface area contributed by atoms with Crippen molar-refractivity contribution in [3.63, 3.8) is 0 Å². The summed E-state index contributed by atoms with van der Waals surface area (Å²) >= 11 is 1.20. The van der Waals surface area contributed by atoms with Gasteiger partial charge in [0, 0.05) is 17.4 Å². The van der Waals surface area contributed by atoms with Gasteiger partial charge in [-0.25, -0.2) is 9.78 Å². The van der Waals surface area contributed by atoms with Crippen molar-refractivity contribution in [3.8, 4) is 10.6 Å². The Morgan fingerprint density at radius 1 is 1.06 bits per heavy atom. The molecular weight excluding hydrogens is 429 g/mol. The lowest BCUT2D eigenvalue weighted by molar-refractivity contribution is -0.146. The van der Waals surface area contributed by atoms with Gasteiger partial charge >= 0.3 is 12.1 Å². The topological polar surface area (TPSA) is 79.3 Å². The van der Waals surface area contributed by atoms with Crippen molar-refractivity contribution in [1.82, 2.24) is 10.3 Å². The fourth-order valence-electron chi connectivity index (χ4n) is 3.02. The Kier molecular flexibility index (Phi) is 6.45. The second kappa shape index (κ2) is 8.89. The molecule has 1 unspecified atom stereocenters. The predicted molar refractivity (Wildman–Crippen MR) is 111 cm³/mol. The van der Waals surface area contributed by atoms with Crippen molar-refractivity contribution in [2.45, 2.75) is 31.5 Å². The van der Waals surface area contributed by atoms with Crippen LogP contribution < -0.4 is 5.32 Å². The van der Waals surface area contributed by atoms with E-state index < -0.39 is 29.2 Å². The zero-order chi connectivity index (χ0) is 22.6. The lowest BCUT2D eigenvalue weighted by Crippen LogP contribution is -2.54. The van der Waals surface area contributed by atoms with Gasteiger partial charge in [-0.15, -0.1) is 11.3 Å². The Balaban J connectivity index is 1.68. The first-order valence-electron chi connectivity index (χ1n) is 9.27. The van der Waals surface area contributed by atoms with Crippen LogP contribution in [-0.4, -0.2) is 27.5 Å². The quantitative estimate of drug-likeness (QED) is 0.555. The van der Waals surface area contributed by atoms with Crippen LogP contribution >= 0.6 is 11.3 Å². The van der Waals surface area contributed by atoms with E-state index >= 15 is 0 Å². The van der Waals surface area contributed by atoms with Crippen LogP contribution in [0.2, 0.25) is 0 Å². The van der Waals surface area contributed by atoms with Crippen molar-refractivity contribution < 1.29 is 27.9 Å². The van der Waals surface area contributed by atoms with Crippen LogP contribution in [-0.2, 0) is 28.6 Å². The maximum absolute atomic E-state index is 12.7. The Morgan fingerprint density at radius 3 is 2.29 bits per heavy atom. The average molecular weight is 448 g/mol. The summed E-state index contributed by atoms with van der Waals surface area (Å²) in [5.74, 6) is -1.67. The molecule has 0 aliphatic heterocycles. The number of nitrogens with zero attached hydrogens (tertiary/aromatic N) is 1. The zero-order valence-electron chi connectivity index (χ0n) is 16.4. The van der Waals surface area contributed by atoms with E-state index in [1.54, 1.807) is 29.6 Å². The summed E-state index contributed by atoms with van der Waals surface area (Å²) in [5, 5.41) is 14.3. The smallest absolute Gasteiger partial charge is 0.416 e. The molecule has 3 rings (SSSR count). The molecule has 0 saturated carbocycles. The number of aliphatic carboxylic acids is 1. The van der Waals surface area contributed by atoms with Gasteiger partial charge in [0.25, 0.3) is 0 Å². The zero-order valence-corrected chi connectivity index (χ0v) is 17.3. The Labute approximate surface area is 180 Å². The molecule has 0 aliphatic rings. The largest absolute Gasteiger partial charge is 0.480 e. The number of carboxylic acids is 1. The minimum absolute atomic E-state index is 0.114. The highest BCUT2D eigenvalue weighted by molar-refractivity contribution is 7.13. The summed E-state index contributed by atoms with van der Waals surface area (Å²) in [7, 11) is 0. The molecule has 0 spiro atoms. The van der Waals surface area contributed by atoms with Crippen LogP contribution in [0.4, 0.5) is 13.2 Å². The van der Waals surface area contributed by atoms with Crippen LogP contribution in [0.15, 0.2) is 60.0 Å². The Morgan fingerprint density at radius 2 is 1.71 bits per heavy atom. The third kappa shape index (κ3) is 5.69. The maximum atomic E-state index is 12.7. The van der Waals surface area contributed by atoms with Crippen molar-refractivity contribution in [1.29, 1.82) is 0 Å². The van der Waals surface area contributed by atoms with Crippen LogP contribution in [0.25, 0.3) is 10.6 Å². The molecule has 1 aromatic heterocycles. The normalized spacial score (nSPS) is 13.4. The van der Waals surface area contributed by atoms with Gasteiger partial charge in [-0.05, 0) is 24.6 Å². The molecule has 0 aliphatic carbocycles. The number of hydrogen-bond acceptors (Lipinski definition) is 4. The van der Waals surface area contributed by atoms with E-state index in [4.69, 9.17) is 0 Å². The van der Waals surface area contributed by atoms with Crippen LogP contribution in [0, 0.1) is 0 Å². The van der Waals surface area contributed by atoms with Gasteiger partial charge in [0.05, 0.1) is 17.7 Å². The number of amides is 1. The first kappa shape index (κ1) is 22.5. The molecule has 5 nitrogen and oxygen atoms in total. The van der Waals surface area contributed by atoms with Gasteiger partial charge in [0.2, 0.25) is 5.91 Å². The minimum Gasteiger partial charge on any atom is -0.480 e. The molecule has 0 radical (unpaired) electrons. The summed E-state index contributed by atoms with van der Waals surface area (Å²) in [6, 6.07) is 13.6. The van der Waals surface area contributed by atoms with Gasteiger partial charge in [-0.1, -0.05) is 42.5 Å². The van der Waals surface area contributed by atoms with E-state index in [1.807, 2.05) is 6.07 Å². The molecule has 3 aromatic rings. The van der Waals surface area contributed by atoms with E-state index in [-0.39, 0.29) is 12.8 Å². The highest BCUT2D eigenvalue weighted by Crippen LogP contribution is 2.31. The molecule has 0 bridgehead atoms. The number of carbonyl (C=O) groups is 2. The van der Waals surface area contributed by atoms with Gasteiger partial charge in [-0.3, -0.25) is 4.79 Å². The molecular formula is C22H19F3N2O3S. The SMILES string of the molecule is CC(Cc1ccccc1)(NC(=O)Cc1csc(-c2ccc(C(F)(F)F)cc2)n1)C(=O)O. The van der Waals surface area contributed by atoms with E-state index in [0.717, 1.165) is 17.7 Å². The molecule has 1 amide bonds. The highest BCUT2D eigenvalue weighted by atomic mass is 32.1. The van der Waals surface area contributed by atoms with Crippen LogP contribution in [0.5, 0.6) is 0 Å². The summed E-state index contributed by atoms with van der Waals surface area (Å²) < 4.78 is 38.1. The molecule has 0 fully saturated rings. The fraction of sp³-hybridized carbons (Fsp3) is 0.227. The van der Waals surface area contributed by atoms with E-state index in [1.165, 1.54) is 30.4 Å². The number of carboxylic acid groups (broad SMARTS) is 1. The number of nitrogens with one attached hydrogen (secondary N) is 1. The number of aromatic nitrogens is 1. The van der Waals surface area contributed by atoms with Crippen molar-refractivity contribution >= 4 is 23.2 Å². The average Bonchev–Trinajstić information content (AvgIpc) is 3.16. The second-order valence-electron chi connectivity index (χ2n) is 7.24. The van der Waals surface area contributed by atoms with Crippen molar-refractivity contribution in [2.24, 2.45) is 0 Å². The van der Waals surface area contributed by atoms with Crippen molar-refractivity contribution in [2.75, 3.05) is 0 Å². The van der Waals surface area contributed by atoms with Crippen LogP contribution in [0.3, 0.4) is 0 Å². The number of carbonyl (C=O) groups excluding carboxylic acids is 1. The van der Waals surface area contributed by atoms with Gasteiger partial charge < -0.3 is 10.4 Å². The summed E-state index contributed by atoms with van der Waals surface area (Å²) in [6.07, 6.45) is -4.45. The molecule has 0 saturated heterocycles. The third-order valence-corrected chi connectivity index (χ3v) is 5.58. The van der Waals surface area contributed by atoms with Gasteiger partial charge in [0.1, 0.15) is 10.5 Å². The monoisotopic (exact) mass is 448 g/mol. The molecule has 1 heterocycles. The number of benzene rings is 2. The van der Waals surface area contributed by atoms with Gasteiger partial charge in [0.15, 0.2) is 0 Å². The third-order valence-electron chi connectivity index (χ3n) is 4.64. The summed E-state index contributed by atoms with van der Waals surface area (Å²) in [5.41, 5.74) is -0.566. The Hall–Kier alpha value is -3.20. The number of alkyl halides is 3. The first-order chi connectivity index (χ1) is 14.6. The number of rotatable bonds is 7. The maximum Gasteiger partial charge on any atom is 0.416 e. The highest BCUT2D eigenvalue weighted by Gasteiger charge is 2.35. The number of thiazole rings is 1. The Bertz CT molecular complexity index is 1070. The van der Waals surface area contributed by atoms with E-state index in [0.29, 0.717) is 16.3 Å². The minimum atomic E-state index is -4.42. The van der Waals surface area contributed by atoms with Crippen LogP contribution in [0.1, 0.15) is 23.7 Å². The molecule has 1 atom stereocenters. The fourth-order valence-corrected chi connectivity index (χ4v) is 3.84. The van der Waals surface area contributed by atoms with E-state index in [9.17, 15) is 27.9 Å². The molecule has 162 valence electrons. The lowest BCUT2D eigenvalue weighted by atomic mass is 9.92. The summed E-state index contributed by atoms with van der Waals surface area (Å²) in [4.78, 5) is 28.6. The number of hydrogen-bond donors (Lipinski definition) is 2. The lowest BCUT2D eigenvalue weighted by Gasteiger charge is -2.26. The second-order valence-corrected chi connectivity index (χ2v) is 8.10. The standard InChI is InChI=1S/C22H19F3N2O3S/c1-21(20(29)30,12-14-5-3-2-4-6-14)27-18(28)11-17-13-31-19(26-17)15-7-9-16(10-8-15)22(23,24)25/h2-10,13H,11-12H2,1H3,(H,27,28)(H,29,30). The summed E-state index contributed by atoms with van der Waals surface area (Å²) in [6.45, 7) is 1.44. The molecule has 9 heteroatoms.